The van der Waals surface area contributed by atoms with Crippen molar-refractivity contribution in [3.63, 3.8) is 0 Å². The molecule has 0 radical (unpaired) electrons. The zero-order valence-electron chi connectivity index (χ0n) is 9.86. The van der Waals surface area contributed by atoms with E-state index in [0.29, 0.717) is 5.56 Å². The van der Waals surface area contributed by atoms with E-state index in [-0.39, 0.29) is 17.0 Å². The summed E-state index contributed by atoms with van der Waals surface area (Å²) < 4.78 is 44.2. The summed E-state index contributed by atoms with van der Waals surface area (Å²) in [5.74, 6) is 0. The van der Waals surface area contributed by atoms with Gasteiger partial charge in [0.1, 0.15) is 0 Å². The average Bonchev–Trinajstić information content (AvgIpc) is 2.16. The van der Waals surface area contributed by atoms with Crippen LogP contribution in [0.2, 0.25) is 5.02 Å². The fraction of sp³-hybridized carbons (Fsp3) is 0.500. The number of ether oxygens (including phenoxy) is 1. The van der Waals surface area contributed by atoms with Gasteiger partial charge in [-0.25, -0.2) is 0 Å². The molecule has 0 aliphatic carbocycles. The Bertz CT molecular complexity index is 377. The Morgan fingerprint density at radius 3 is 2.18 bits per heavy atom. The third-order valence-electron chi connectivity index (χ3n) is 2.81. The van der Waals surface area contributed by atoms with Crippen molar-refractivity contribution in [3.8, 4) is 0 Å². The maximum atomic E-state index is 13.2. The molecular formula is C12H14ClF3O. The molecule has 0 aliphatic heterocycles. The van der Waals surface area contributed by atoms with Gasteiger partial charge < -0.3 is 4.74 Å². The Kier molecular flexibility index (Phi) is 4.10. The molecule has 0 aliphatic rings. The van der Waals surface area contributed by atoms with E-state index in [1.165, 1.54) is 19.1 Å². The van der Waals surface area contributed by atoms with Crippen LogP contribution in [-0.4, -0.2) is 13.3 Å². The van der Waals surface area contributed by atoms with Gasteiger partial charge in [0.05, 0.1) is 0 Å². The molecule has 0 bridgehead atoms. The zero-order valence-corrected chi connectivity index (χ0v) is 10.6. The molecule has 1 nitrogen and oxygen atoms in total. The summed E-state index contributed by atoms with van der Waals surface area (Å²) in [5.41, 5.74) is -1.57. The summed E-state index contributed by atoms with van der Waals surface area (Å²) in [6, 6.07) is 4.36. The van der Waals surface area contributed by atoms with E-state index in [9.17, 15) is 13.2 Å². The lowest BCUT2D eigenvalue weighted by Crippen LogP contribution is -2.43. The van der Waals surface area contributed by atoms with Crippen LogP contribution in [-0.2, 0) is 10.3 Å². The van der Waals surface area contributed by atoms with Crippen molar-refractivity contribution in [1.29, 1.82) is 0 Å². The average molecular weight is 267 g/mol. The van der Waals surface area contributed by atoms with E-state index >= 15 is 0 Å². The highest BCUT2D eigenvalue weighted by Crippen LogP contribution is 2.45. The minimum atomic E-state index is -4.48. The lowest BCUT2D eigenvalue weighted by molar-refractivity contribution is -0.278. The van der Waals surface area contributed by atoms with Crippen molar-refractivity contribution >= 4 is 11.6 Å². The van der Waals surface area contributed by atoms with E-state index in [0.717, 1.165) is 7.11 Å². The summed E-state index contributed by atoms with van der Waals surface area (Å²) in [6.45, 7) is 3.13. The first-order valence-corrected chi connectivity index (χ1v) is 5.54. The van der Waals surface area contributed by atoms with Crippen molar-refractivity contribution in [2.45, 2.75) is 32.0 Å². The van der Waals surface area contributed by atoms with Crippen molar-refractivity contribution < 1.29 is 17.9 Å². The standard InChI is InChI=1S/C12H14ClF3O/c1-4-11(17-3,12(14,15)16)9-5-8(2)6-10(13)7-9/h5-7H,4H2,1-3H3. The molecule has 17 heavy (non-hydrogen) atoms. The van der Waals surface area contributed by atoms with Crippen molar-refractivity contribution in [1.82, 2.24) is 0 Å². The number of hydrogen-bond acceptors (Lipinski definition) is 1. The summed E-state index contributed by atoms with van der Waals surface area (Å²) in [6.07, 6.45) is -4.68. The van der Waals surface area contributed by atoms with E-state index in [4.69, 9.17) is 16.3 Å². The Morgan fingerprint density at radius 1 is 1.24 bits per heavy atom. The first kappa shape index (κ1) is 14.3. The van der Waals surface area contributed by atoms with Gasteiger partial charge in [0.2, 0.25) is 0 Å². The predicted molar refractivity (Wildman–Crippen MR) is 61.2 cm³/mol. The largest absolute Gasteiger partial charge is 0.421 e. The maximum absolute atomic E-state index is 13.2. The second kappa shape index (κ2) is 4.86. The molecule has 0 aromatic heterocycles. The van der Waals surface area contributed by atoms with Gasteiger partial charge >= 0.3 is 6.18 Å². The molecule has 0 heterocycles. The molecule has 5 heteroatoms. The first-order valence-electron chi connectivity index (χ1n) is 5.16. The molecule has 0 saturated carbocycles. The quantitative estimate of drug-likeness (QED) is 0.785. The molecule has 1 aromatic carbocycles. The lowest BCUT2D eigenvalue weighted by Gasteiger charge is -2.34. The molecule has 0 amide bonds. The summed E-state index contributed by atoms with van der Waals surface area (Å²) in [7, 11) is 1.06. The van der Waals surface area contributed by atoms with Crippen LogP contribution in [0.15, 0.2) is 18.2 Å². The topological polar surface area (TPSA) is 9.23 Å². The van der Waals surface area contributed by atoms with Gasteiger partial charge in [-0.1, -0.05) is 24.6 Å². The van der Waals surface area contributed by atoms with Crippen LogP contribution in [0.1, 0.15) is 24.5 Å². The lowest BCUT2D eigenvalue weighted by atomic mass is 9.89. The van der Waals surface area contributed by atoms with Crippen LogP contribution >= 0.6 is 11.6 Å². The second-order valence-electron chi connectivity index (χ2n) is 3.90. The highest BCUT2D eigenvalue weighted by atomic mass is 35.5. The van der Waals surface area contributed by atoms with Gasteiger partial charge in [0.15, 0.2) is 5.60 Å². The molecule has 0 N–H and O–H groups in total. The molecule has 0 saturated heterocycles. The smallest absolute Gasteiger partial charge is 0.364 e. The molecule has 0 spiro atoms. The third kappa shape index (κ3) is 2.58. The van der Waals surface area contributed by atoms with Crippen LogP contribution in [0.3, 0.4) is 0 Å². The fourth-order valence-corrected chi connectivity index (χ4v) is 2.21. The van der Waals surface area contributed by atoms with E-state index in [2.05, 4.69) is 0 Å². The van der Waals surface area contributed by atoms with Crippen molar-refractivity contribution in [2.24, 2.45) is 0 Å². The van der Waals surface area contributed by atoms with Gasteiger partial charge in [-0.05, 0) is 36.6 Å². The molecule has 0 fully saturated rings. The van der Waals surface area contributed by atoms with E-state index in [1.807, 2.05) is 0 Å². The second-order valence-corrected chi connectivity index (χ2v) is 4.34. The molecular weight excluding hydrogens is 253 g/mol. The molecule has 1 unspecified atom stereocenters. The van der Waals surface area contributed by atoms with Crippen LogP contribution in [0.5, 0.6) is 0 Å². The van der Waals surface area contributed by atoms with Crippen LogP contribution < -0.4 is 0 Å². The monoisotopic (exact) mass is 266 g/mol. The van der Waals surface area contributed by atoms with Gasteiger partial charge in [0.25, 0.3) is 0 Å². The number of benzene rings is 1. The first-order chi connectivity index (χ1) is 7.76. The van der Waals surface area contributed by atoms with Crippen LogP contribution in [0.4, 0.5) is 13.2 Å². The Hall–Kier alpha value is -0.740. The van der Waals surface area contributed by atoms with Crippen molar-refractivity contribution in [3.05, 3.63) is 34.3 Å². The Labute approximate surface area is 104 Å². The minimum Gasteiger partial charge on any atom is -0.364 e. The summed E-state index contributed by atoms with van der Waals surface area (Å²) >= 11 is 5.80. The summed E-state index contributed by atoms with van der Waals surface area (Å²) in [4.78, 5) is 0. The SMILES string of the molecule is CCC(OC)(c1cc(C)cc(Cl)c1)C(F)(F)F. The maximum Gasteiger partial charge on any atom is 0.421 e. The number of rotatable bonds is 3. The van der Waals surface area contributed by atoms with Crippen LogP contribution in [0.25, 0.3) is 0 Å². The number of alkyl halides is 3. The van der Waals surface area contributed by atoms with Crippen molar-refractivity contribution in [2.75, 3.05) is 7.11 Å². The fourth-order valence-electron chi connectivity index (χ4n) is 1.92. The molecule has 1 atom stereocenters. The van der Waals surface area contributed by atoms with Gasteiger partial charge in [-0.3, -0.25) is 0 Å². The normalized spacial score (nSPS) is 15.7. The van der Waals surface area contributed by atoms with E-state index < -0.39 is 11.8 Å². The zero-order chi connectivity index (χ0) is 13.3. The van der Waals surface area contributed by atoms with Gasteiger partial charge in [0, 0.05) is 12.1 Å². The highest BCUT2D eigenvalue weighted by molar-refractivity contribution is 6.30. The molecule has 1 rings (SSSR count). The number of aryl methyl sites for hydroxylation is 1. The Morgan fingerprint density at radius 2 is 1.82 bits per heavy atom. The number of halogens is 4. The van der Waals surface area contributed by atoms with Gasteiger partial charge in [-0.15, -0.1) is 0 Å². The summed E-state index contributed by atoms with van der Waals surface area (Å²) in [5, 5.41) is 0.277. The third-order valence-corrected chi connectivity index (χ3v) is 3.03. The van der Waals surface area contributed by atoms with Crippen LogP contribution in [0, 0.1) is 6.92 Å². The Balaban J connectivity index is 3.42. The number of hydrogen-bond donors (Lipinski definition) is 0. The number of methoxy groups -OCH3 is 1. The molecule has 96 valence electrons. The highest BCUT2D eigenvalue weighted by Gasteiger charge is 2.55. The minimum absolute atomic E-state index is 0.0417. The van der Waals surface area contributed by atoms with Gasteiger partial charge in [-0.2, -0.15) is 13.2 Å². The molecule has 1 aromatic rings. The predicted octanol–water partition coefficient (Wildman–Crippen LogP) is 4.46. The van der Waals surface area contributed by atoms with E-state index in [1.54, 1.807) is 13.0 Å².